The van der Waals surface area contributed by atoms with Crippen LogP contribution in [0.5, 0.6) is 0 Å². The first-order valence-electron chi connectivity index (χ1n) is 4.86. The number of amides is 2. The van der Waals surface area contributed by atoms with Crippen molar-refractivity contribution in [3.8, 4) is 0 Å². The largest absolute Gasteiger partial charge is 0.453 e. The lowest BCUT2D eigenvalue weighted by Crippen LogP contribution is -2.50. The first kappa shape index (κ1) is 11.8. The zero-order chi connectivity index (χ0) is 11.3. The van der Waals surface area contributed by atoms with Gasteiger partial charge in [0.15, 0.2) is 0 Å². The fourth-order valence-electron chi connectivity index (χ4n) is 1.36. The predicted octanol–water partition coefficient (Wildman–Crippen LogP) is -0.410. The molecule has 0 aromatic rings. The molecule has 1 unspecified atom stereocenters. The lowest BCUT2D eigenvalue weighted by atomic mass is 10.2. The fraction of sp³-hybridized carbons (Fsp3) is 0.778. The summed E-state index contributed by atoms with van der Waals surface area (Å²) in [5, 5.41) is 2.43. The van der Waals surface area contributed by atoms with Gasteiger partial charge in [0.2, 0.25) is 5.91 Å². The number of ether oxygens (including phenoxy) is 2. The van der Waals surface area contributed by atoms with Crippen LogP contribution in [0, 0.1) is 0 Å². The van der Waals surface area contributed by atoms with Gasteiger partial charge in [0.25, 0.3) is 0 Å². The van der Waals surface area contributed by atoms with Crippen LogP contribution in [-0.4, -0.2) is 56.4 Å². The normalized spacial score (nSPS) is 18.1. The number of hydrogen-bond acceptors (Lipinski definition) is 4. The van der Waals surface area contributed by atoms with Gasteiger partial charge in [-0.3, -0.25) is 4.79 Å². The van der Waals surface area contributed by atoms with Gasteiger partial charge in [0.05, 0.1) is 20.3 Å². The summed E-state index contributed by atoms with van der Waals surface area (Å²) < 4.78 is 9.54. The lowest BCUT2D eigenvalue weighted by molar-refractivity contribution is -0.136. The molecule has 0 spiro atoms. The molecule has 1 N–H and O–H groups in total. The molecule has 1 fully saturated rings. The first-order chi connectivity index (χ1) is 7.15. The van der Waals surface area contributed by atoms with Gasteiger partial charge in [-0.1, -0.05) is 0 Å². The Labute approximate surface area is 88.5 Å². The van der Waals surface area contributed by atoms with E-state index in [2.05, 4.69) is 10.1 Å². The minimum absolute atomic E-state index is 0.108. The van der Waals surface area contributed by atoms with E-state index in [1.54, 1.807) is 11.8 Å². The molecule has 1 rings (SSSR count). The van der Waals surface area contributed by atoms with Gasteiger partial charge < -0.3 is 19.7 Å². The highest BCUT2D eigenvalue weighted by Gasteiger charge is 2.23. The molecule has 15 heavy (non-hydrogen) atoms. The molecular formula is C9H16N2O4. The minimum Gasteiger partial charge on any atom is -0.453 e. The van der Waals surface area contributed by atoms with Gasteiger partial charge in [-0.2, -0.15) is 0 Å². The Bertz CT molecular complexity index is 238. The number of carbonyl (C=O) groups excluding carboxylic acids is 2. The maximum Gasteiger partial charge on any atom is 0.407 e. The van der Waals surface area contributed by atoms with Crippen molar-refractivity contribution in [2.24, 2.45) is 0 Å². The maximum absolute atomic E-state index is 11.7. The van der Waals surface area contributed by atoms with Crippen LogP contribution in [0.2, 0.25) is 0 Å². The van der Waals surface area contributed by atoms with E-state index in [1.165, 1.54) is 7.11 Å². The van der Waals surface area contributed by atoms with Crippen molar-refractivity contribution < 1.29 is 19.1 Å². The van der Waals surface area contributed by atoms with Crippen LogP contribution in [0.25, 0.3) is 0 Å². The van der Waals surface area contributed by atoms with Crippen LogP contribution in [-0.2, 0) is 14.3 Å². The molecule has 86 valence electrons. The van der Waals surface area contributed by atoms with Crippen LogP contribution in [0.4, 0.5) is 4.79 Å². The Hall–Kier alpha value is -1.30. The highest BCUT2D eigenvalue weighted by molar-refractivity contribution is 5.85. The molecule has 0 aromatic carbocycles. The van der Waals surface area contributed by atoms with Crippen molar-refractivity contribution in [2.75, 3.05) is 33.4 Å². The van der Waals surface area contributed by atoms with Gasteiger partial charge in [0, 0.05) is 13.1 Å². The predicted molar refractivity (Wildman–Crippen MR) is 52.4 cm³/mol. The second-order valence-electron chi connectivity index (χ2n) is 3.30. The lowest BCUT2D eigenvalue weighted by Gasteiger charge is -2.29. The number of nitrogens with one attached hydrogen (secondary N) is 1. The Balaban J connectivity index is 2.40. The van der Waals surface area contributed by atoms with Crippen molar-refractivity contribution >= 4 is 12.0 Å². The number of rotatable bonds is 2. The molecule has 0 aliphatic carbocycles. The molecule has 0 aromatic heterocycles. The zero-order valence-electron chi connectivity index (χ0n) is 8.99. The summed E-state index contributed by atoms with van der Waals surface area (Å²) >= 11 is 0. The summed E-state index contributed by atoms with van der Waals surface area (Å²) in [6.45, 7) is 3.89. The van der Waals surface area contributed by atoms with Crippen LogP contribution in [0.3, 0.4) is 0 Å². The molecule has 1 atom stereocenters. The smallest absolute Gasteiger partial charge is 0.407 e. The second-order valence-corrected chi connectivity index (χ2v) is 3.30. The summed E-state index contributed by atoms with van der Waals surface area (Å²) in [6.07, 6.45) is -0.593. The van der Waals surface area contributed by atoms with Crippen molar-refractivity contribution in [1.29, 1.82) is 0 Å². The van der Waals surface area contributed by atoms with Gasteiger partial charge in [0.1, 0.15) is 6.04 Å². The van der Waals surface area contributed by atoms with E-state index in [4.69, 9.17) is 4.74 Å². The van der Waals surface area contributed by atoms with Crippen LogP contribution >= 0.6 is 0 Å². The van der Waals surface area contributed by atoms with Gasteiger partial charge in [-0.25, -0.2) is 4.79 Å². The maximum atomic E-state index is 11.7. The van der Waals surface area contributed by atoms with E-state index in [0.29, 0.717) is 26.3 Å². The third-order valence-electron chi connectivity index (χ3n) is 2.21. The average Bonchev–Trinajstić information content (AvgIpc) is 2.29. The van der Waals surface area contributed by atoms with E-state index < -0.39 is 12.1 Å². The molecule has 0 saturated carbocycles. The molecule has 1 saturated heterocycles. The molecule has 1 aliphatic heterocycles. The Morgan fingerprint density at radius 3 is 2.53 bits per heavy atom. The van der Waals surface area contributed by atoms with Gasteiger partial charge in [-0.15, -0.1) is 0 Å². The standard InChI is InChI=1S/C9H16N2O4/c1-7(10-9(13)14-2)8(12)11-3-5-15-6-4-11/h7H,3-6H2,1-2H3,(H,10,13). The van der Waals surface area contributed by atoms with E-state index in [-0.39, 0.29) is 5.91 Å². The average molecular weight is 216 g/mol. The zero-order valence-corrected chi connectivity index (χ0v) is 8.99. The van der Waals surface area contributed by atoms with E-state index in [0.717, 1.165) is 0 Å². The Kier molecular flexibility index (Phi) is 4.36. The Morgan fingerprint density at radius 1 is 1.40 bits per heavy atom. The molecule has 6 heteroatoms. The highest BCUT2D eigenvalue weighted by atomic mass is 16.5. The molecule has 0 radical (unpaired) electrons. The summed E-state index contributed by atoms with van der Waals surface area (Å²) in [5.74, 6) is -0.108. The summed E-state index contributed by atoms with van der Waals surface area (Å²) in [5.41, 5.74) is 0. The summed E-state index contributed by atoms with van der Waals surface area (Å²) in [4.78, 5) is 24.3. The summed E-state index contributed by atoms with van der Waals surface area (Å²) in [6, 6.07) is -0.560. The number of morpholine rings is 1. The van der Waals surface area contributed by atoms with Crippen LogP contribution < -0.4 is 5.32 Å². The number of nitrogens with zero attached hydrogens (tertiary/aromatic N) is 1. The quantitative estimate of drug-likeness (QED) is 0.681. The molecule has 2 amide bonds. The second kappa shape index (κ2) is 5.55. The third-order valence-corrected chi connectivity index (χ3v) is 2.21. The van der Waals surface area contributed by atoms with E-state index >= 15 is 0 Å². The van der Waals surface area contributed by atoms with Crippen molar-refractivity contribution in [3.63, 3.8) is 0 Å². The molecule has 6 nitrogen and oxygen atoms in total. The van der Waals surface area contributed by atoms with E-state index in [9.17, 15) is 9.59 Å². The topological polar surface area (TPSA) is 67.9 Å². The van der Waals surface area contributed by atoms with Crippen molar-refractivity contribution in [2.45, 2.75) is 13.0 Å². The first-order valence-corrected chi connectivity index (χ1v) is 4.86. The van der Waals surface area contributed by atoms with Crippen molar-refractivity contribution in [1.82, 2.24) is 10.2 Å². The van der Waals surface area contributed by atoms with Gasteiger partial charge >= 0.3 is 6.09 Å². The fourth-order valence-corrected chi connectivity index (χ4v) is 1.36. The molecular weight excluding hydrogens is 200 g/mol. The monoisotopic (exact) mass is 216 g/mol. The van der Waals surface area contributed by atoms with Gasteiger partial charge in [-0.05, 0) is 6.92 Å². The number of alkyl carbamates (subject to hydrolysis) is 1. The number of carbonyl (C=O) groups is 2. The number of hydrogen-bond donors (Lipinski definition) is 1. The molecule has 1 aliphatic rings. The number of methoxy groups -OCH3 is 1. The third kappa shape index (κ3) is 3.39. The molecule has 0 bridgehead atoms. The van der Waals surface area contributed by atoms with Crippen molar-refractivity contribution in [3.05, 3.63) is 0 Å². The summed E-state index contributed by atoms with van der Waals surface area (Å²) in [7, 11) is 1.27. The SMILES string of the molecule is COC(=O)NC(C)C(=O)N1CCOCC1. The molecule has 1 heterocycles. The highest BCUT2D eigenvalue weighted by Crippen LogP contribution is 2.00. The minimum atomic E-state index is -0.593. The van der Waals surface area contributed by atoms with Crippen LogP contribution in [0.1, 0.15) is 6.92 Å². The Morgan fingerprint density at radius 2 is 2.00 bits per heavy atom. The van der Waals surface area contributed by atoms with Crippen LogP contribution in [0.15, 0.2) is 0 Å². The van der Waals surface area contributed by atoms with E-state index in [1.807, 2.05) is 0 Å².